The van der Waals surface area contributed by atoms with Crippen LogP contribution in [-0.2, 0) is 26.2 Å². The molecule has 0 unspecified atom stereocenters. The quantitative estimate of drug-likeness (QED) is 0.834. The van der Waals surface area contributed by atoms with Gasteiger partial charge in [0, 0.05) is 13.0 Å². The summed E-state index contributed by atoms with van der Waals surface area (Å²) in [5, 5.41) is 2.63. The molecule has 1 spiro atoms. The fourth-order valence-corrected chi connectivity index (χ4v) is 3.45. The van der Waals surface area contributed by atoms with E-state index in [4.69, 9.17) is 0 Å². The van der Waals surface area contributed by atoms with Gasteiger partial charge in [0.05, 0.1) is 5.41 Å². The second kappa shape index (κ2) is 4.98. The van der Waals surface area contributed by atoms with Gasteiger partial charge in [-0.15, -0.1) is 0 Å². The van der Waals surface area contributed by atoms with E-state index in [9.17, 15) is 14.4 Å². The topological polar surface area (TPSA) is 66.5 Å². The summed E-state index contributed by atoms with van der Waals surface area (Å²) in [7, 11) is 0. The Hall–Kier alpha value is -2.17. The first kappa shape index (κ1) is 13.8. The highest BCUT2D eigenvalue weighted by Crippen LogP contribution is 2.46. The van der Waals surface area contributed by atoms with Gasteiger partial charge in [0.25, 0.3) is 0 Å². The SMILES string of the molecule is CCNC(=O)CN1C(=O)C[C@]2(CCc3ccccc32)C1=O. The van der Waals surface area contributed by atoms with Crippen LogP contribution in [0.3, 0.4) is 0 Å². The van der Waals surface area contributed by atoms with Crippen LogP contribution in [0, 0.1) is 0 Å². The number of hydrogen-bond acceptors (Lipinski definition) is 3. The van der Waals surface area contributed by atoms with Crippen molar-refractivity contribution < 1.29 is 14.4 Å². The molecule has 1 heterocycles. The smallest absolute Gasteiger partial charge is 0.240 e. The summed E-state index contributed by atoms with van der Waals surface area (Å²) >= 11 is 0. The fourth-order valence-electron chi connectivity index (χ4n) is 3.45. The fraction of sp³-hybridized carbons (Fsp3) is 0.438. The monoisotopic (exact) mass is 286 g/mol. The Morgan fingerprint density at radius 1 is 1.33 bits per heavy atom. The molecule has 0 radical (unpaired) electrons. The average Bonchev–Trinajstić information content (AvgIpc) is 2.94. The summed E-state index contributed by atoms with van der Waals surface area (Å²) in [6.45, 7) is 2.12. The van der Waals surface area contributed by atoms with E-state index in [1.807, 2.05) is 24.3 Å². The largest absolute Gasteiger partial charge is 0.355 e. The highest BCUT2D eigenvalue weighted by atomic mass is 16.2. The van der Waals surface area contributed by atoms with Crippen LogP contribution in [0.2, 0.25) is 0 Å². The minimum atomic E-state index is -0.736. The van der Waals surface area contributed by atoms with Crippen molar-refractivity contribution in [3.05, 3.63) is 35.4 Å². The van der Waals surface area contributed by atoms with Gasteiger partial charge in [-0.2, -0.15) is 0 Å². The lowest BCUT2D eigenvalue weighted by Gasteiger charge is -2.22. The molecule has 1 N–H and O–H groups in total. The van der Waals surface area contributed by atoms with Gasteiger partial charge in [-0.05, 0) is 30.9 Å². The minimum Gasteiger partial charge on any atom is -0.355 e. The lowest BCUT2D eigenvalue weighted by atomic mass is 9.80. The van der Waals surface area contributed by atoms with Gasteiger partial charge in [-0.3, -0.25) is 19.3 Å². The highest BCUT2D eigenvalue weighted by molar-refractivity contribution is 6.11. The van der Waals surface area contributed by atoms with E-state index in [1.54, 1.807) is 6.92 Å². The van der Waals surface area contributed by atoms with Crippen LogP contribution in [0.15, 0.2) is 24.3 Å². The summed E-state index contributed by atoms with van der Waals surface area (Å²) in [6, 6.07) is 7.79. The second-order valence-electron chi connectivity index (χ2n) is 5.65. The molecule has 1 aliphatic carbocycles. The number of fused-ring (bicyclic) bond motifs is 2. The summed E-state index contributed by atoms with van der Waals surface area (Å²) in [6.07, 6.45) is 1.65. The zero-order valence-electron chi connectivity index (χ0n) is 12.0. The molecule has 5 heteroatoms. The van der Waals surface area contributed by atoms with Crippen molar-refractivity contribution in [3.63, 3.8) is 0 Å². The Bertz CT molecular complexity index is 626. The van der Waals surface area contributed by atoms with Crippen LogP contribution in [0.5, 0.6) is 0 Å². The van der Waals surface area contributed by atoms with Gasteiger partial charge in [-0.25, -0.2) is 0 Å². The average molecular weight is 286 g/mol. The van der Waals surface area contributed by atoms with Crippen molar-refractivity contribution in [2.75, 3.05) is 13.1 Å². The van der Waals surface area contributed by atoms with Gasteiger partial charge in [0.2, 0.25) is 17.7 Å². The molecule has 0 aromatic heterocycles. The van der Waals surface area contributed by atoms with E-state index in [0.717, 1.165) is 22.4 Å². The maximum absolute atomic E-state index is 12.8. The van der Waals surface area contributed by atoms with Gasteiger partial charge in [0.1, 0.15) is 6.54 Å². The van der Waals surface area contributed by atoms with Gasteiger partial charge < -0.3 is 5.32 Å². The second-order valence-corrected chi connectivity index (χ2v) is 5.65. The third-order valence-corrected chi connectivity index (χ3v) is 4.44. The Kier molecular flexibility index (Phi) is 3.27. The number of benzene rings is 1. The zero-order valence-corrected chi connectivity index (χ0v) is 12.0. The van der Waals surface area contributed by atoms with Crippen molar-refractivity contribution in [1.82, 2.24) is 10.2 Å². The molecule has 21 heavy (non-hydrogen) atoms. The lowest BCUT2D eigenvalue weighted by molar-refractivity contribution is -0.143. The molecule has 5 nitrogen and oxygen atoms in total. The first-order valence-corrected chi connectivity index (χ1v) is 7.28. The van der Waals surface area contributed by atoms with E-state index in [1.165, 1.54) is 0 Å². The number of likely N-dealkylation sites (N-methyl/N-ethyl adjacent to an activating group) is 1. The molecular formula is C16H18N2O3. The predicted molar refractivity (Wildman–Crippen MR) is 76.5 cm³/mol. The molecule has 3 amide bonds. The van der Waals surface area contributed by atoms with E-state index in [-0.39, 0.29) is 30.7 Å². The number of nitrogens with one attached hydrogen (secondary N) is 1. The van der Waals surface area contributed by atoms with E-state index in [2.05, 4.69) is 5.32 Å². The van der Waals surface area contributed by atoms with Gasteiger partial charge in [0.15, 0.2) is 0 Å². The third-order valence-electron chi connectivity index (χ3n) is 4.44. The van der Waals surface area contributed by atoms with Crippen molar-refractivity contribution in [2.24, 2.45) is 0 Å². The zero-order chi connectivity index (χ0) is 15.0. The number of hydrogen-bond donors (Lipinski definition) is 1. The molecule has 0 saturated carbocycles. The summed E-state index contributed by atoms with van der Waals surface area (Å²) in [4.78, 5) is 37.8. The molecule has 1 atom stereocenters. The van der Waals surface area contributed by atoms with Crippen LogP contribution in [0.4, 0.5) is 0 Å². The number of aryl methyl sites for hydroxylation is 1. The number of imide groups is 1. The van der Waals surface area contributed by atoms with Gasteiger partial charge in [-0.1, -0.05) is 24.3 Å². The van der Waals surface area contributed by atoms with Crippen molar-refractivity contribution >= 4 is 17.7 Å². The number of likely N-dealkylation sites (tertiary alicyclic amines) is 1. The van der Waals surface area contributed by atoms with Crippen molar-refractivity contribution in [1.29, 1.82) is 0 Å². The molecule has 1 saturated heterocycles. The Morgan fingerprint density at radius 2 is 2.10 bits per heavy atom. The van der Waals surface area contributed by atoms with Crippen LogP contribution >= 0.6 is 0 Å². The lowest BCUT2D eigenvalue weighted by Crippen LogP contribution is -2.43. The predicted octanol–water partition coefficient (Wildman–Crippen LogP) is 0.766. The number of amides is 3. The van der Waals surface area contributed by atoms with Crippen LogP contribution in [-0.4, -0.2) is 35.7 Å². The summed E-state index contributed by atoms with van der Waals surface area (Å²) in [5.41, 5.74) is 1.36. The van der Waals surface area contributed by atoms with Crippen molar-refractivity contribution in [3.8, 4) is 0 Å². The highest BCUT2D eigenvalue weighted by Gasteiger charge is 2.55. The molecule has 2 aliphatic rings. The first-order chi connectivity index (χ1) is 10.1. The Morgan fingerprint density at radius 3 is 2.86 bits per heavy atom. The number of carbonyl (C=O) groups excluding carboxylic acids is 3. The first-order valence-electron chi connectivity index (χ1n) is 7.28. The maximum atomic E-state index is 12.8. The molecule has 1 aromatic rings. The number of nitrogens with zero attached hydrogens (tertiary/aromatic N) is 1. The summed E-state index contributed by atoms with van der Waals surface area (Å²) in [5.74, 6) is -0.755. The van der Waals surface area contributed by atoms with Crippen LogP contribution in [0.25, 0.3) is 0 Å². The Balaban J connectivity index is 1.89. The van der Waals surface area contributed by atoms with E-state index < -0.39 is 5.41 Å². The normalized spacial score (nSPS) is 23.8. The number of rotatable bonds is 3. The van der Waals surface area contributed by atoms with E-state index in [0.29, 0.717) is 13.0 Å². The number of carbonyl (C=O) groups is 3. The van der Waals surface area contributed by atoms with Crippen LogP contribution < -0.4 is 5.32 Å². The molecule has 1 aliphatic heterocycles. The standard InChI is InChI=1S/C16H18N2O3/c1-2-17-13(19)10-18-14(20)9-16(15(18)21)8-7-11-5-3-4-6-12(11)16/h3-6H,2,7-10H2,1H3,(H,17,19)/t16-/m0/s1. The van der Waals surface area contributed by atoms with E-state index >= 15 is 0 Å². The van der Waals surface area contributed by atoms with Gasteiger partial charge >= 0.3 is 0 Å². The van der Waals surface area contributed by atoms with Crippen LogP contribution in [0.1, 0.15) is 30.9 Å². The maximum Gasteiger partial charge on any atom is 0.240 e. The Labute approximate surface area is 123 Å². The molecule has 0 bridgehead atoms. The molecule has 110 valence electrons. The molecule has 3 rings (SSSR count). The molecule has 1 fully saturated rings. The molecular weight excluding hydrogens is 268 g/mol. The molecule has 1 aromatic carbocycles. The third kappa shape index (κ3) is 2.04. The minimum absolute atomic E-state index is 0.171. The van der Waals surface area contributed by atoms with Crippen molar-refractivity contribution in [2.45, 2.75) is 31.6 Å². The summed E-state index contributed by atoms with van der Waals surface area (Å²) < 4.78 is 0.